The lowest BCUT2D eigenvalue weighted by atomic mass is 10.1. The maximum Gasteiger partial charge on any atom is 0.289 e. The van der Waals surface area contributed by atoms with E-state index in [0.29, 0.717) is 28.5 Å². The van der Waals surface area contributed by atoms with Crippen LogP contribution in [0.5, 0.6) is 11.5 Å². The van der Waals surface area contributed by atoms with Crippen molar-refractivity contribution in [3.05, 3.63) is 69.9 Å². The third-order valence-corrected chi connectivity index (χ3v) is 4.30. The average Bonchev–Trinajstić information content (AvgIpc) is 3.27. The van der Waals surface area contributed by atoms with Crippen LogP contribution in [-0.2, 0) is 0 Å². The van der Waals surface area contributed by atoms with Crippen LogP contribution in [0.25, 0.3) is 11.3 Å². The molecule has 0 aliphatic carbocycles. The first kappa shape index (κ1) is 20.5. The first-order valence-electron chi connectivity index (χ1n) is 8.80. The third-order valence-electron chi connectivity index (χ3n) is 4.30. The summed E-state index contributed by atoms with van der Waals surface area (Å²) in [5.74, 6) is 0.634. The van der Waals surface area contributed by atoms with Crippen LogP contribution in [0, 0.1) is 10.1 Å². The van der Waals surface area contributed by atoms with Gasteiger partial charge in [0.2, 0.25) is 0 Å². The van der Waals surface area contributed by atoms with Crippen molar-refractivity contribution in [2.45, 2.75) is 6.92 Å². The van der Waals surface area contributed by atoms with Crippen molar-refractivity contribution in [3.63, 3.8) is 0 Å². The van der Waals surface area contributed by atoms with E-state index in [-0.39, 0.29) is 11.4 Å². The molecule has 1 amide bonds. The van der Waals surface area contributed by atoms with E-state index in [4.69, 9.17) is 9.47 Å². The zero-order chi connectivity index (χ0) is 21.7. The summed E-state index contributed by atoms with van der Waals surface area (Å²) in [7, 11) is 3.08. The monoisotopic (exact) mass is 409 g/mol. The highest BCUT2D eigenvalue weighted by Crippen LogP contribution is 2.27. The number of H-pyrrole nitrogens is 1. The number of amides is 1. The molecule has 154 valence electrons. The summed E-state index contributed by atoms with van der Waals surface area (Å²) >= 11 is 0. The summed E-state index contributed by atoms with van der Waals surface area (Å²) in [4.78, 5) is 22.8. The molecule has 0 aliphatic heterocycles. The lowest BCUT2D eigenvalue weighted by Crippen LogP contribution is -2.19. The molecular weight excluding hydrogens is 390 g/mol. The second-order valence-electron chi connectivity index (χ2n) is 6.18. The maximum absolute atomic E-state index is 12.4. The molecule has 0 radical (unpaired) electrons. The van der Waals surface area contributed by atoms with Crippen LogP contribution in [0.2, 0.25) is 0 Å². The number of nitrogens with zero attached hydrogens (tertiary/aromatic N) is 3. The Bertz CT molecular complexity index is 1120. The lowest BCUT2D eigenvalue weighted by molar-refractivity contribution is -0.384. The summed E-state index contributed by atoms with van der Waals surface area (Å²) < 4.78 is 10.5. The van der Waals surface area contributed by atoms with Gasteiger partial charge in [-0.15, -0.1) is 0 Å². The van der Waals surface area contributed by atoms with Crippen LogP contribution in [0.1, 0.15) is 23.0 Å². The lowest BCUT2D eigenvalue weighted by Gasteiger charge is -2.09. The van der Waals surface area contributed by atoms with Gasteiger partial charge in [-0.05, 0) is 31.2 Å². The fourth-order valence-corrected chi connectivity index (χ4v) is 2.69. The SMILES string of the molecule is COc1ccc(/C(C)=N/NC(=O)c2cc(-c3cccc([N+](=O)[O-])c3)n[nH]2)cc1OC. The number of aromatic amines is 1. The third kappa shape index (κ3) is 4.43. The minimum Gasteiger partial charge on any atom is -0.493 e. The van der Waals surface area contributed by atoms with Gasteiger partial charge in [0.25, 0.3) is 11.6 Å². The quantitative estimate of drug-likeness (QED) is 0.350. The Labute approximate surface area is 171 Å². The van der Waals surface area contributed by atoms with Crippen LogP contribution < -0.4 is 14.9 Å². The molecule has 1 aromatic heterocycles. The molecule has 10 nitrogen and oxygen atoms in total. The van der Waals surface area contributed by atoms with Gasteiger partial charge < -0.3 is 9.47 Å². The minimum absolute atomic E-state index is 0.0587. The zero-order valence-corrected chi connectivity index (χ0v) is 16.5. The number of ether oxygens (including phenoxy) is 2. The zero-order valence-electron chi connectivity index (χ0n) is 16.5. The Morgan fingerprint density at radius 2 is 1.90 bits per heavy atom. The molecule has 2 aromatic carbocycles. The van der Waals surface area contributed by atoms with E-state index in [9.17, 15) is 14.9 Å². The van der Waals surface area contributed by atoms with Crippen molar-refractivity contribution in [2.24, 2.45) is 5.10 Å². The fourth-order valence-electron chi connectivity index (χ4n) is 2.69. The van der Waals surface area contributed by atoms with E-state index in [0.717, 1.165) is 5.56 Å². The first-order valence-corrected chi connectivity index (χ1v) is 8.80. The van der Waals surface area contributed by atoms with Crippen LogP contribution in [0.3, 0.4) is 0 Å². The molecule has 0 fully saturated rings. The number of methoxy groups -OCH3 is 2. The van der Waals surface area contributed by atoms with E-state index in [1.165, 1.54) is 25.3 Å². The number of benzene rings is 2. The van der Waals surface area contributed by atoms with Gasteiger partial charge in [0.05, 0.1) is 30.5 Å². The smallest absolute Gasteiger partial charge is 0.289 e. The standard InChI is InChI=1S/C20H19N5O5/c1-12(13-7-8-18(29-2)19(10-13)30-3)21-24-20(26)17-11-16(22-23-17)14-5-4-6-15(9-14)25(27)28/h4-11H,1-3H3,(H,22,23)(H,24,26)/b21-12+. The number of hydrogen-bond acceptors (Lipinski definition) is 7. The van der Waals surface area contributed by atoms with E-state index >= 15 is 0 Å². The number of hydrogen-bond donors (Lipinski definition) is 2. The van der Waals surface area contributed by atoms with E-state index in [1.54, 1.807) is 44.4 Å². The van der Waals surface area contributed by atoms with Gasteiger partial charge in [0.1, 0.15) is 5.69 Å². The number of hydrazone groups is 1. The number of non-ortho nitro benzene ring substituents is 1. The minimum atomic E-state index is -0.501. The van der Waals surface area contributed by atoms with E-state index < -0.39 is 10.8 Å². The number of nitrogens with one attached hydrogen (secondary N) is 2. The van der Waals surface area contributed by atoms with Crippen molar-refractivity contribution >= 4 is 17.3 Å². The normalized spacial score (nSPS) is 11.1. The van der Waals surface area contributed by atoms with Crippen molar-refractivity contribution in [1.82, 2.24) is 15.6 Å². The van der Waals surface area contributed by atoms with Crippen molar-refractivity contribution in [3.8, 4) is 22.8 Å². The van der Waals surface area contributed by atoms with Gasteiger partial charge in [-0.1, -0.05) is 12.1 Å². The molecule has 3 aromatic rings. The number of aromatic nitrogens is 2. The molecule has 30 heavy (non-hydrogen) atoms. The number of carbonyl (C=O) groups excluding carboxylic acids is 1. The predicted octanol–water partition coefficient (Wildman–Crippen LogP) is 3.16. The Morgan fingerprint density at radius 1 is 1.13 bits per heavy atom. The largest absolute Gasteiger partial charge is 0.493 e. The highest BCUT2D eigenvalue weighted by molar-refractivity contribution is 6.01. The Balaban J connectivity index is 1.74. The second-order valence-corrected chi connectivity index (χ2v) is 6.18. The molecule has 0 bridgehead atoms. The highest BCUT2D eigenvalue weighted by Gasteiger charge is 2.14. The van der Waals surface area contributed by atoms with Crippen LogP contribution in [0.15, 0.2) is 53.6 Å². The Morgan fingerprint density at radius 3 is 2.60 bits per heavy atom. The summed E-state index contributed by atoms with van der Waals surface area (Å²) in [6.07, 6.45) is 0. The highest BCUT2D eigenvalue weighted by atomic mass is 16.6. The molecule has 0 saturated carbocycles. The molecular formula is C20H19N5O5. The number of carbonyl (C=O) groups is 1. The van der Waals surface area contributed by atoms with Crippen molar-refractivity contribution in [2.75, 3.05) is 14.2 Å². The second kappa shape index (κ2) is 8.86. The molecule has 0 unspecified atom stereocenters. The van der Waals surface area contributed by atoms with Gasteiger partial charge in [-0.3, -0.25) is 20.0 Å². The molecule has 1 heterocycles. The van der Waals surface area contributed by atoms with Crippen LogP contribution in [0.4, 0.5) is 5.69 Å². The van der Waals surface area contributed by atoms with E-state index in [2.05, 4.69) is 20.7 Å². The molecule has 3 rings (SSSR count). The maximum atomic E-state index is 12.4. The first-order chi connectivity index (χ1) is 14.4. The number of nitro groups is 1. The summed E-state index contributed by atoms with van der Waals surface area (Å²) in [5, 5.41) is 21.7. The molecule has 10 heteroatoms. The Kier molecular flexibility index (Phi) is 6.06. The number of nitro benzene ring substituents is 1. The summed E-state index contributed by atoms with van der Waals surface area (Å²) in [6.45, 7) is 1.74. The van der Waals surface area contributed by atoms with Crippen molar-refractivity contribution in [1.29, 1.82) is 0 Å². The summed E-state index contributed by atoms with van der Waals surface area (Å²) in [5.41, 5.74) is 4.79. The van der Waals surface area contributed by atoms with Gasteiger partial charge >= 0.3 is 0 Å². The summed E-state index contributed by atoms with van der Waals surface area (Å²) in [6, 6.07) is 12.8. The number of rotatable bonds is 7. The average molecular weight is 409 g/mol. The van der Waals surface area contributed by atoms with Gasteiger partial charge in [-0.25, -0.2) is 5.43 Å². The predicted molar refractivity (Wildman–Crippen MR) is 110 cm³/mol. The van der Waals surface area contributed by atoms with Gasteiger partial charge in [0, 0.05) is 23.3 Å². The van der Waals surface area contributed by atoms with E-state index in [1.807, 2.05) is 0 Å². The topological polar surface area (TPSA) is 132 Å². The molecule has 0 aliphatic rings. The Hall–Kier alpha value is -4.21. The van der Waals surface area contributed by atoms with Crippen molar-refractivity contribution < 1.29 is 19.2 Å². The van der Waals surface area contributed by atoms with Gasteiger partial charge in [-0.2, -0.15) is 10.2 Å². The molecule has 0 saturated heterocycles. The van der Waals surface area contributed by atoms with Crippen LogP contribution in [-0.4, -0.2) is 41.0 Å². The molecule has 2 N–H and O–H groups in total. The van der Waals surface area contributed by atoms with Crippen LogP contribution >= 0.6 is 0 Å². The fraction of sp³-hybridized carbons (Fsp3) is 0.150. The van der Waals surface area contributed by atoms with Gasteiger partial charge in [0.15, 0.2) is 11.5 Å². The molecule has 0 atom stereocenters. The molecule has 0 spiro atoms.